The van der Waals surface area contributed by atoms with E-state index in [-0.39, 0.29) is 17.8 Å². The fraction of sp³-hybridized carbons (Fsp3) is 0.588. The number of nitrogens with one attached hydrogen (secondary N) is 1. The summed E-state index contributed by atoms with van der Waals surface area (Å²) in [6, 6.07) is 8.96. The molecule has 1 heterocycles. The Hall–Kier alpha value is -0.670. The normalized spacial score (nSPS) is 17.5. The summed E-state index contributed by atoms with van der Waals surface area (Å²) in [5.74, 6) is 0.983. The van der Waals surface area contributed by atoms with E-state index in [1.54, 1.807) is 11.8 Å². The van der Waals surface area contributed by atoms with Gasteiger partial charge in [0.05, 0.1) is 0 Å². The zero-order valence-corrected chi connectivity index (χ0v) is 15.3. The first-order valence-electron chi connectivity index (χ1n) is 7.27. The molecule has 0 unspecified atom stereocenters. The Morgan fingerprint density at radius 3 is 2.29 bits per heavy atom. The highest BCUT2D eigenvalue weighted by Crippen LogP contribution is 2.24. The van der Waals surface area contributed by atoms with Crippen LogP contribution in [0, 0.1) is 5.41 Å². The van der Waals surface area contributed by atoms with Gasteiger partial charge in [0.25, 0.3) is 0 Å². The van der Waals surface area contributed by atoms with Crippen molar-refractivity contribution in [2.24, 2.45) is 10.4 Å². The Kier molecular flexibility index (Phi) is 6.18. The molecule has 2 nitrogen and oxygen atoms in total. The minimum Gasteiger partial charge on any atom is -0.364 e. The second kappa shape index (κ2) is 7.06. The molecule has 0 fully saturated rings. The maximum atomic E-state index is 4.62. The molecule has 0 aromatic heterocycles. The fourth-order valence-electron chi connectivity index (χ4n) is 2.06. The maximum Gasteiger partial charge on any atom is 0.156 e. The highest BCUT2D eigenvalue weighted by atomic mass is 35.5. The van der Waals surface area contributed by atoms with Crippen molar-refractivity contribution in [3.05, 3.63) is 35.4 Å². The van der Waals surface area contributed by atoms with Crippen molar-refractivity contribution in [2.75, 3.05) is 13.1 Å². The van der Waals surface area contributed by atoms with Gasteiger partial charge in [-0.05, 0) is 16.5 Å². The molecular weight excluding hydrogens is 300 g/mol. The fourth-order valence-corrected chi connectivity index (χ4v) is 2.89. The lowest BCUT2D eigenvalue weighted by molar-refractivity contribution is 0.364. The van der Waals surface area contributed by atoms with E-state index in [2.05, 4.69) is 69.2 Å². The van der Waals surface area contributed by atoms with Crippen LogP contribution in [-0.4, -0.2) is 18.3 Å². The number of amidine groups is 1. The summed E-state index contributed by atoms with van der Waals surface area (Å²) in [5, 5.41) is 4.52. The van der Waals surface area contributed by atoms with Crippen LogP contribution in [0.25, 0.3) is 0 Å². The Labute approximate surface area is 139 Å². The van der Waals surface area contributed by atoms with Gasteiger partial charge in [0, 0.05) is 24.3 Å². The zero-order chi connectivity index (χ0) is 14.8. The van der Waals surface area contributed by atoms with Crippen molar-refractivity contribution < 1.29 is 0 Å². The number of hydrogen-bond donors (Lipinski definition) is 1. The van der Waals surface area contributed by atoms with Gasteiger partial charge in [0.1, 0.15) is 0 Å². The number of aliphatic imine (C=N–C) groups is 1. The quantitative estimate of drug-likeness (QED) is 0.857. The van der Waals surface area contributed by atoms with Gasteiger partial charge < -0.3 is 5.32 Å². The Morgan fingerprint density at radius 1 is 1.19 bits per heavy atom. The third-order valence-electron chi connectivity index (χ3n) is 3.56. The summed E-state index contributed by atoms with van der Waals surface area (Å²) in [5.41, 5.74) is 3.27. The van der Waals surface area contributed by atoms with Crippen LogP contribution in [0.1, 0.15) is 45.7 Å². The maximum absolute atomic E-state index is 4.62. The zero-order valence-electron chi connectivity index (χ0n) is 13.7. The summed E-state index contributed by atoms with van der Waals surface area (Å²) in [6.45, 7) is 13.2. The van der Waals surface area contributed by atoms with E-state index in [1.807, 2.05) is 0 Å². The minimum absolute atomic E-state index is 0. The van der Waals surface area contributed by atoms with E-state index in [9.17, 15) is 0 Å². The average molecular weight is 327 g/mol. The lowest BCUT2D eigenvalue weighted by atomic mass is 9.87. The Bertz CT molecular complexity index is 487. The van der Waals surface area contributed by atoms with Crippen LogP contribution >= 0.6 is 24.2 Å². The van der Waals surface area contributed by atoms with Crippen molar-refractivity contribution in [2.45, 2.75) is 45.8 Å². The third kappa shape index (κ3) is 5.55. The van der Waals surface area contributed by atoms with E-state index >= 15 is 0 Å². The topological polar surface area (TPSA) is 24.4 Å². The van der Waals surface area contributed by atoms with Gasteiger partial charge in [-0.3, -0.25) is 4.99 Å². The standard InChI is InChI=1S/C17H26N2S.ClH/c1-16(2,3)14-8-6-13(7-9-14)10-20-15-18-11-17(4,5)12-19-15;/h6-9H,10-12H2,1-5H3,(H,18,19);1H. The lowest BCUT2D eigenvalue weighted by Gasteiger charge is -2.28. The molecule has 4 heteroatoms. The van der Waals surface area contributed by atoms with Crippen LogP contribution in [0.4, 0.5) is 0 Å². The van der Waals surface area contributed by atoms with Gasteiger partial charge in [-0.25, -0.2) is 0 Å². The molecule has 0 atom stereocenters. The Morgan fingerprint density at radius 2 is 1.81 bits per heavy atom. The van der Waals surface area contributed by atoms with Crippen LogP contribution in [0.5, 0.6) is 0 Å². The van der Waals surface area contributed by atoms with Crippen molar-refractivity contribution in [1.29, 1.82) is 0 Å². The predicted molar refractivity (Wildman–Crippen MR) is 97.8 cm³/mol. The molecule has 2 rings (SSSR count). The van der Waals surface area contributed by atoms with Crippen molar-refractivity contribution in [3.8, 4) is 0 Å². The molecule has 1 aliphatic rings. The van der Waals surface area contributed by atoms with E-state index in [4.69, 9.17) is 0 Å². The first-order valence-corrected chi connectivity index (χ1v) is 8.25. The molecule has 118 valence electrons. The summed E-state index contributed by atoms with van der Waals surface area (Å²) < 4.78 is 0. The molecule has 0 radical (unpaired) electrons. The summed E-state index contributed by atoms with van der Waals surface area (Å²) >= 11 is 1.80. The summed E-state index contributed by atoms with van der Waals surface area (Å²) in [6.07, 6.45) is 0. The lowest BCUT2D eigenvalue weighted by Crippen LogP contribution is -2.39. The molecule has 0 aliphatic carbocycles. The second-order valence-corrected chi connectivity index (χ2v) is 8.34. The highest BCUT2D eigenvalue weighted by Gasteiger charge is 2.22. The molecule has 1 aliphatic heterocycles. The van der Waals surface area contributed by atoms with Crippen LogP contribution < -0.4 is 5.32 Å². The van der Waals surface area contributed by atoms with Gasteiger partial charge in [-0.2, -0.15) is 0 Å². The van der Waals surface area contributed by atoms with Crippen LogP contribution in [0.2, 0.25) is 0 Å². The SMILES string of the molecule is CC1(C)CN=C(SCc2ccc(C(C)(C)C)cc2)NC1.Cl. The van der Waals surface area contributed by atoms with E-state index in [1.165, 1.54) is 11.1 Å². The first-order chi connectivity index (χ1) is 9.26. The Balaban J connectivity index is 0.00000220. The van der Waals surface area contributed by atoms with Crippen LogP contribution in [0.3, 0.4) is 0 Å². The summed E-state index contributed by atoms with van der Waals surface area (Å²) in [4.78, 5) is 4.62. The molecule has 1 N–H and O–H groups in total. The average Bonchev–Trinajstić information content (AvgIpc) is 2.37. The largest absolute Gasteiger partial charge is 0.364 e. The number of halogens is 1. The van der Waals surface area contributed by atoms with E-state index < -0.39 is 0 Å². The number of rotatable bonds is 2. The van der Waals surface area contributed by atoms with Gasteiger partial charge in [0.2, 0.25) is 0 Å². The molecule has 1 aromatic carbocycles. The van der Waals surface area contributed by atoms with E-state index in [0.717, 1.165) is 24.0 Å². The van der Waals surface area contributed by atoms with Crippen molar-refractivity contribution in [1.82, 2.24) is 5.32 Å². The molecule has 21 heavy (non-hydrogen) atoms. The van der Waals surface area contributed by atoms with Gasteiger partial charge in [0.15, 0.2) is 5.17 Å². The van der Waals surface area contributed by atoms with Gasteiger partial charge in [-0.15, -0.1) is 12.4 Å². The van der Waals surface area contributed by atoms with Gasteiger partial charge >= 0.3 is 0 Å². The van der Waals surface area contributed by atoms with Gasteiger partial charge in [-0.1, -0.05) is 70.6 Å². The molecule has 0 spiro atoms. The smallest absolute Gasteiger partial charge is 0.156 e. The number of hydrogen-bond acceptors (Lipinski definition) is 3. The third-order valence-corrected chi connectivity index (χ3v) is 4.59. The predicted octanol–water partition coefficient (Wildman–Crippen LogP) is 4.62. The first kappa shape index (κ1) is 18.4. The number of thioether (sulfide) groups is 1. The van der Waals surface area contributed by atoms with Crippen molar-refractivity contribution >= 4 is 29.3 Å². The number of nitrogens with zero attached hydrogens (tertiary/aromatic N) is 1. The minimum atomic E-state index is 0. The summed E-state index contributed by atoms with van der Waals surface area (Å²) in [7, 11) is 0. The molecule has 0 bridgehead atoms. The van der Waals surface area contributed by atoms with E-state index in [0.29, 0.717) is 5.41 Å². The molecule has 0 saturated heterocycles. The molecule has 0 saturated carbocycles. The van der Waals surface area contributed by atoms with Crippen LogP contribution in [0.15, 0.2) is 29.3 Å². The molecule has 0 amide bonds. The monoisotopic (exact) mass is 326 g/mol. The van der Waals surface area contributed by atoms with Crippen LogP contribution in [-0.2, 0) is 11.2 Å². The second-order valence-electron chi connectivity index (χ2n) is 7.37. The molecule has 1 aromatic rings. The number of benzene rings is 1. The highest BCUT2D eigenvalue weighted by molar-refractivity contribution is 8.13. The van der Waals surface area contributed by atoms with Crippen molar-refractivity contribution in [3.63, 3.8) is 0 Å². The molecular formula is C17H27ClN2S.